The monoisotopic (exact) mass is 589 g/mol. The molecule has 1 aromatic carbocycles. The van der Waals surface area contributed by atoms with E-state index >= 15 is 0 Å². The number of aryl methyl sites for hydroxylation is 2. The zero-order chi connectivity index (χ0) is 29.2. The molecule has 0 saturated heterocycles. The average molecular weight is 590 g/mol. The Morgan fingerprint density at radius 2 is 1.76 bits per heavy atom. The van der Waals surface area contributed by atoms with Crippen molar-refractivity contribution in [3.8, 4) is 11.4 Å². The molecule has 218 valence electrons. The average Bonchev–Trinajstić information content (AvgIpc) is 3.37. The first-order valence-corrected chi connectivity index (χ1v) is 16.0. The van der Waals surface area contributed by atoms with Crippen molar-refractivity contribution in [3.63, 3.8) is 0 Å². The smallest absolute Gasteiger partial charge is 0.308 e. The number of carbonyl (C=O) groups is 1. The van der Waals surface area contributed by atoms with Crippen LogP contribution in [0.4, 0.5) is 10.2 Å². The molecule has 3 heterocycles. The van der Waals surface area contributed by atoms with Crippen LogP contribution in [0.5, 0.6) is 0 Å². The van der Waals surface area contributed by atoms with Gasteiger partial charge in [-0.05, 0) is 88.3 Å². The maximum Gasteiger partial charge on any atom is 0.308 e. The molecular formula is C31H32FN5O4S. The minimum Gasteiger partial charge on any atom is -0.481 e. The standard InChI is InChI=1S/C31H32FN5O4S/c1-17-6-12-21(13-7-17)42(40,41)37-16-24(23-14-20(32)15-33-30(23)37)29-34-25-5-3-2-4-22(25)28(36-29)35-27-19-10-8-18(9-11-19)26(27)31(38)39/h6-7,12-16,18-19,26-27H,2-5,8-11H2,1H3,(H,38,39)(H,34,35,36). The van der Waals surface area contributed by atoms with Crippen LogP contribution in [0.2, 0.25) is 0 Å². The quantitative estimate of drug-likeness (QED) is 0.308. The van der Waals surface area contributed by atoms with Crippen LogP contribution in [-0.2, 0) is 27.7 Å². The van der Waals surface area contributed by atoms with Crippen molar-refractivity contribution in [2.24, 2.45) is 17.8 Å². The fourth-order valence-corrected chi connectivity index (χ4v) is 8.57. The Kier molecular flexibility index (Phi) is 6.52. The Hall–Kier alpha value is -3.86. The Morgan fingerprint density at radius 1 is 1.05 bits per heavy atom. The number of nitrogens with one attached hydrogen (secondary N) is 1. The lowest BCUT2D eigenvalue weighted by molar-refractivity contribution is -0.148. The minimum absolute atomic E-state index is 0.0818. The van der Waals surface area contributed by atoms with E-state index in [0.29, 0.717) is 11.4 Å². The molecule has 11 heteroatoms. The summed E-state index contributed by atoms with van der Waals surface area (Å²) in [5.74, 6) is -0.625. The molecule has 9 nitrogen and oxygen atoms in total. The van der Waals surface area contributed by atoms with E-state index in [9.17, 15) is 22.7 Å². The molecule has 2 atom stereocenters. The van der Waals surface area contributed by atoms with Gasteiger partial charge >= 0.3 is 5.97 Å². The highest BCUT2D eigenvalue weighted by Gasteiger charge is 2.47. The van der Waals surface area contributed by atoms with Crippen LogP contribution in [-0.4, -0.2) is 44.5 Å². The van der Waals surface area contributed by atoms with Crippen LogP contribution in [0.1, 0.15) is 55.3 Å². The van der Waals surface area contributed by atoms with Crippen LogP contribution < -0.4 is 5.32 Å². The number of fused-ring (bicyclic) bond motifs is 5. The van der Waals surface area contributed by atoms with Gasteiger partial charge in [0.05, 0.1) is 17.0 Å². The van der Waals surface area contributed by atoms with Crippen molar-refractivity contribution in [2.75, 3.05) is 5.32 Å². The lowest BCUT2D eigenvalue weighted by atomic mass is 9.61. The number of halogens is 1. The summed E-state index contributed by atoms with van der Waals surface area (Å²) >= 11 is 0. The summed E-state index contributed by atoms with van der Waals surface area (Å²) in [6.45, 7) is 1.88. The number of rotatable bonds is 6. The van der Waals surface area contributed by atoms with Crippen LogP contribution in [0, 0.1) is 30.5 Å². The topological polar surface area (TPSA) is 127 Å². The van der Waals surface area contributed by atoms with Crippen LogP contribution >= 0.6 is 0 Å². The largest absolute Gasteiger partial charge is 0.481 e. The molecule has 3 fully saturated rings. The molecule has 2 N–H and O–H groups in total. The van der Waals surface area contributed by atoms with Gasteiger partial charge in [-0.3, -0.25) is 4.79 Å². The van der Waals surface area contributed by atoms with Gasteiger partial charge < -0.3 is 10.4 Å². The van der Waals surface area contributed by atoms with Gasteiger partial charge in [-0.1, -0.05) is 17.7 Å². The van der Waals surface area contributed by atoms with Crippen LogP contribution in [0.3, 0.4) is 0 Å². The first kappa shape index (κ1) is 27.0. The number of carboxylic acid groups (broad SMARTS) is 1. The zero-order valence-electron chi connectivity index (χ0n) is 23.3. The SMILES string of the molecule is Cc1ccc(S(=O)(=O)n2cc(-c3nc4c(c(NC5C6CCC(CC6)C5C(=O)O)n3)CCCC4)c3cc(F)cnc32)cc1. The second-order valence-electron chi connectivity index (χ2n) is 11.9. The maximum atomic E-state index is 14.5. The van der Waals surface area contributed by atoms with Gasteiger partial charge in [0.15, 0.2) is 11.5 Å². The molecule has 8 rings (SSSR count). The van der Waals surface area contributed by atoms with Crippen LogP contribution in [0.15, 0.2) is 47.6 Å². The van der Waals surface area contributed by atoms with Crippen molar-refractivity contribution in [3.05, 3.63) is 65.4 Å². The summed E-state index contributed by atoms with van der Waals surface area (Å²) in [4.78, 5) is 26.4. The van der Waals surface area contributed by atoms with E-state index in [0.717, 1.165) is 78.4 Å². The van der Waals surface area contributed by atoms with Crippen molar-refractivity contribution >= 4 is 32.8 Å². The van der Waals surface area contributed by atoms with E-state index in [-0.39, 0.29) is 39.6 Å². The molecule has 0 amide bonds. The fourth-order valence-electron chi connectivity index (χ4n) is 7.24. The number of carboxylic acids is 1. The molecule has 0 spiro atoms. The van der Waals surface area contributed by atoms with Gasteiger partial charge in [-0.15, -0.1) is 0 Å². The van der Waals surface area contributed by atoms with Crippen molar-refractivity contribution in [1.29, 1.82) is 0 Å². The second kappa shape index (κ2) is 10.1. The number of benzene rings is 1. The number of anilines is 1. The van der Waals surface area contributed by atoms with E-state index in [2.05, 4.69) is 10.3 Å². The number of aromatic nitrogens is 4. The summed E-state index contributed by atoms with van der Waals surface area (Å²) in [6, 6.07) is 7.53. The van der Waals surface area contributed by atoms with Gasteiger partial charge in [-0.25, -0.2) is 31.7 Å². The molecule has 4 aliphatic carbocycles. The fraction of sp³-hybridized carbons (Fsp3) is 0.419. The molecule has 4 aliphatic rings. The summed E-state index contributed by atoms with van der Waals surface area (Å²) < 4.78 is 43.1. The zero-order valence-corrected chi connectivity index (χ0v) is 24.1. The third kappa shape index (κ3) is 4.45. The van der Waals surface area contributed by atoms with Gasteiger partial charge in [0.1, 0.15) is 11.6 Å². The first-order valence-electron chi connectivity index (χ1n) is 14.6. The Bertz CT molecular complexity index is 1810. The Labute approximate surface area is 243 Å². The molecule has 3 aromatic heterocycles. The van der Waals surface area contributed by atoms with E-state index in [1.165, 1.54) is 24.4 Å². The molecule has 0 aliphatic heterocycles. The molecule has 2 bridgehead atoms. The van der Waals surface area contributed by atoms with E-state index in [4.69, 9.17) is 9.97 Å². The lowest BCUT2D eigenvalue weighted by Crippen LogP contribution is -2.51. The summed E-state index contributed by atoms with van der Waals surface area (Å²) in [5, 5.41) is 14.0. The van der Waals surface area contributed by atoms with Gasteiger partial charge in [0, 0.05) is 34.4 Å². The predicted molar refractivity (Wildman–Crippen MR) is 155 cm³/mol. The molecular weight excluding hydrogens is 557 g/mol. The Balaban J connectivity index is 1.37. The summed E-state index contributed by atoms with van der Waals surface area (Å²) in [6.07, 6.45) is 9.69. The number of hydrogen-bond acceptors (Lipinski definition) is 7. The molecule has 42 heavy (non-hydrogen) atoms. The van der Waals surface area contributed by atoms with Crippen molar-refractivity contribution in [1.82, 2.24) is 18.9 Å². The molecule has 4 aromatic rings. The highest BCUT2D eigenvalue weighted by atomic mass is 32.2. The second-order valence-corrected chi connectivity index (χ2v) is 13.7. The first-order chi connectivity index (χ1) is 20.2. The number of pyridine rings is 1. The molecule has 0 radical (unpaired) electrons. The number of nitrogens with zero attached hydrogens (tertiary/aromatic N) is 4. The normalized spacial score (nSPS) is 23.6. The molecule has 2 unspecified atom stereocenters. The minimum atomic E-state index is -4.06. The van der Waals surface area contributed by atoms with Crippen molar-refractivity contribution in [2.45, 2.75) is 69.2 Å². The third-order valence-corrected chi connectivity index (χ3v) is 11.1. The molecule has 3 saturated carbocycles. The van der Waals surface area contributed by atoms with E-state index < -0.39 is 27.7 Å². The van der Waals surface area contributed by atoms with Gasteiger partial charge in [-0.2, -0.15) is 0 Å². The van der Waals surface area contributed by atoms with Gasteiger partial charge in [0.2, 0.25) is 0 Å². The van der Waals surface area contributed by atoms with Crippen molar-refractivity contribution < 1.29 is 22.7 Å². The summed E-state index contributed by atoms with van der Waals surface area (Å²) in [5.41, 5.74) is 3.19. The Morgan fingerprint density at radius 3 is 2.50 bits per heavy atom. The van der Waals surface area contributed by atoms with E-state index in [1.54, 1.807) is 12.1 Å². The highest BCUT2D eigenvalue weighted by Crippen LogP contribution is 2.47. The number of aliphatic carboxylic acids is 1. The maximum absolute atomic E-state index is 14.5. The van der Waals surface area contributed by atoms with E-state index in [1.807, 2.05) is 6.92 Å². The third-order valence-electron chi connectivity index (χ3n) is 9.39. The van der Waals surface area contributed by atoms with Gasteiger partial charge in [0.25, 0.3) is 10.0 Å². The predicted octanol–water partition coefficient (Wildman–Crippen LogP) is 5.36. The highest BCUT2D eigenvalue weighted by molar-refractivity contribution is 7.90. The van der Waals surface area contributed by atoms with Crippen LogP contribution in [0.25, 0.3) is 22.4 Å². The lowest BCUT2D eigenvalue weighted by Gasteiger charge is -2.47. The number of hydrogen-bond donors (Lipinski definition) is 2. The summed E-state index contributed by atoms with van der Waals surface area (Å²) in [7, 11) is -4.06.